The van der Waals surface area contributed by atoms with Gasteiger partial charge in [0.1, 0.15) is 17.2 Å². The second-order valence-electron chi connectivity index (χ2n) is 6.61. The van der Waals surface area contributed by atoms with Crippen molar-refractivity contribution >= 4 is 50.5 Å². The van der Waals surface area contributed by atoms with E-state index in [4.69, 9.17) is 37.4 Å². The molecule has 11 heteroatoms. The standard InChI is InChI=1S/C22H20Cl2N2O6S/c1-30-20-9-3-14(11-18(20)23)25-22(27)13-32-16-5-7-17(8-6-16)33(28,29)26-15-4-10-21(31-2)19(24)12-15/h3-12,26H,13H2,1-2H3,(H,25,27). The van der Waals surface area contributed by atoms with Crippen LogP contribution >= 0.6 is 23.2 Å². The fraction of sp³-hybridized carbons (Fsp3) is 0.136. The maximum Gasteiger partial charge on any atom is 0.262 e. The van der Waals surface area contributed by atoms with Crippen LogP contribution in [0.3, 0.4) is 0 Å². The summed E-state index contributed by atoms with van der Waals surface area (Å²) in [6, 6.07) is 15.0. The number of anilines is 2. The summed E-state index contributed by atoms with van der Waals surface area (Å²) in [6.45, 7) is -0.279. The van der Waals surface area contributed by atoms with Crippen LogP contribution in [0, 0.1) is 0 Å². The molecular formula is C22H20Cl2N2O6S. The van der Waals surface area contributed by atoms with Crippen molar-refractivity contribution in [2.45, 2.75) is 4.90 Å². The summed E-state index contributed by atoms with van der Waals surface area (Å²) in [6.07, 6.45) is 0. The van der Waals surface area contributed by atoms with Gasteiger partial charge in [0.2, 0.25) is 0 Å². The maximum atomic E-state index is 12.6. The number of hydrogen-bond acceptors (Lipinski definition) is 6. The van der Waals surface area contributed by atoms with Crippen molar-refractivity contribution in [1.82, 2.24) is 0 Å². The highest BCUT2D eigenvalue weighted by atomic mass is 35.5. The Morgan fingerprint density at radius 2 is 1.39 bits per heavy atom. The number of rotatable bonds is 9. The van der Waals surface area contributed by atoms with E-state index in [0.29, 0.717) is 28.0 Å². The van der Waals surface area contributed by atoms with Crippen molar-refractivity contribution in [3.8, 4) is 17.2 Å². The fourth-order valence-corrected chi connectivity index (χ4v) is 4.31. The van der Waals surface area contributed by atoms with E-state index in [9.17, 15) is 13.2 Å². The van der Waals surface area contributed by atoms with Crippen molar-refractivity contribution in [2.75, 3.05) is 30.9 Å². The van der Waals surface area contributed by atoms with Gasteiger partial charge in [0.05, 0.1) is 34.8 Å². The number of hydrogen-bond donors (Lipinski definition) is 2. The van der Waals surface area contributed by atoms with E-state index in [-0.39, 0.29) is 22.2 Å². The second-order valence-corrected chi connectivity index (χ2v) is 9.11. The topological polar surface area (TPSA) is 103 Å². The van der Waals surface area contributed by atoms with Crippen LogP contribution in [0.25, 0.3) is 0 Å². The number of carbonyl (C=O) groups excluding carboxylic acids is 1. The Morgan fingerprint density at radius 3 is 1.94 bits per heavy atom. The van der Waals surface area contributed by atoms with E-state index in [0.717, 1.165) is 0 Å². The van der Waals surface area contributed by atoms with Crippen LogP contribution in [-0.2, 0) is 14.8 Å². The normalized spacial score (nSPS) is 10.9. The number of amides is 1. The summed E-state index contributed by atoms with van der Waals surface area (Å²) in [7, 11) is -0.895. The van der Waals surface area contributed by atoms with E-state index in [1.165, 1.54) is 50.6 Å². The molecule has 0 aliphatic rings. The van der Waals surface area contributed by atoms with Crippen molar-refractivity contribution < 1.29 is 27.4 Å². The zero-order valence-electron chi connectivity index (χ0n) is 17.6. The molecule has 0 spiro atoms. The summed E-state index contributed by atoms with van der Waals surface area (Å²) in [5.41, 5.74) is 0.775. The van der Waals surface area contributed by atoms with Gasteiger partial charge in [-0.2, -0.15) is 0 Å². The molecule has 1 amide bonds. The third-order valence-electron chi connectivity index (χ3n) is 4.34. The van der Waals surface area contributed by atoms with Crippen LogP contribution in [0.2, 0.25) is 10.0 Å². The summed E-state index contributed by atoms with van der Waals surface area (Å²) < 4.78 is 43.2. The quantitative estimate of drug-likeness (QED) is 0.427. The molecule has 0 radical (unpaired) electrons. The van der Waals surface area contributed by atoms with Gasteiger partial charge in [-0.25, -0.2) is 8.42 Å². The smallest absolute Gasteiger partial charge is 0.262 e. The minimum atomic E-state index is -3.86. The van der Waals surface area contributed by atoms with Crippen LogP contribution in [-0.4, -0.2) is 35.2 Å². The molecule has 0 bridgehead atoms. The van der Waals surface area contributed by atoms with Crippen LogP contribution in [0.5, 0.6) is 17.2 Å². The van der Waals surface area contributed by atoms with E-state index in [2.05, 4.69) is 10.0 Å². The van der Waals surface area contributed by atoms with E-state index in [1.807, 2.05) is 0 Å². The first-order valence-corrected chi connectivity index (χ1v) is 11.7. The molecule has 8 nitrogen and oxygen atoms in total. The highest BCUT2D eigenvalue weighted by molar-refractivity contribution is 7.92. The summed E-state index contributed by atoms with van der Waals surface area (Å²) in [4.78, 5) is 12.1. The van der Waals surface area contributed by atoms with Gasteiger partial charge in [-0.15, -0.1) is 0 Å². The predicted octanol–water partition coefficient (Wildman–Crippen LogP) is 4.83. The number of methoxy groups -OCH3 is 2. The Labute approximate surface area is 201 Å². The minimum absolute atomic E-state index is 0.0131. The average Bonchev–Trinajstić information content (AvgIpc) is 2.78. The van der Waals surface area contributed by atoms with Gasteiger partial charge in [0, 0.05) is 5.69 Å². The average molecular weight is 511 g/mol. The van der Waals surface area contributed by atoms with E-state index >= 15 is 0 Å². The Kier molecular flexibility index (Phi) is 7.91. The van der Waals surface area contributed by atoms with Crippen LogP contribution in [0.15, 0.2) is 65.6 Å². The van der Waals surface area contributed by atoms with Gasteiger partial charge in [-0.1, -0.05) is 23.2 Å². The fourth-order valence-electron chi connectivity index (χ4n) is 2.75. The highest BCUT2D eigenvalue weighted by Crippen LogP contribution is 2.29. The second kappa shape index (κ2) is 10.7. The van der Waals surface area contributed by atoms with E-state index < -0.39 is 15.9 Å². The first-order chi connectivity index (χ1) is 15.7. The number of sulfonamides is 1. The summed E-state index contributed by atoms with van der Waals surface area (Å²) in [5.74, 6) is 0.834. The SMILES string of the molecule is COc1ccc(NC(=O)COc2ccc(S(=O)(=O)Nc3ccc(OC)c(Cl)c3)cc2)cc1Cl. The van der Waals surface area contributed by atoms with Crippen molar-refractivity contribution in [2.24, 2.45) is 0 Å². The van der Waals surface area contributed by atoms with E-state index in [1.54, 1.807) is 24.3 Å². The molecule has 0 atom stereocenters. The van der Waals surface area contributed by atoms with Crippen molar-refractivity contribution in [3.63, 3.8) is 0 Å². The number of halogens is 2. The molecule has 0 heterocycles. The molecule has 0 fully saturated rings. The van der Waals surface area contributed by atoms with Crippen molar-refractivity contribution in [3.05, 3.63) is 70.7 Å². The highest BCUT2D eigenvalue weighted by Gasteiger charge is 2.15. The molecule has 3 rings (SSSR count). The van der Waals surface area contributed by atoms with Gasteiger partial charge in [-0.3, -0.25) is 9.52 Å². The molecular weight excluding hydrogens is 491 g/mol. The maximum absolute atomic E-state index is 12.6. The molecule has 0 aliphatic heterocycles. The van der Waals surface area contributed by atoms with Gasteiger partial charge >= 0.3 is 0 Å². The van der Waals surface area contributed by atoms with Gasteiger partial charge in [0.15, 0.2) is 6.61 Å². The molecule has 33 heavy (non-hydrogen) atoms. The summed E-state index contributed by atoms with van der Waals surface area (Å²) >= 11 is 12.1. The van der Waals surface area contributed by atoms with Crippen LogP contribution in [0.1, 0.15) is 0 Å². The van der Waals surface area contributed by atoms with Crippen molar-refractivity contribution in [1.29, 1.82) is 0 Å². The zero-order chi connectivity index (χ0) is 24.0. The molecule has 0 saturated carbocycles. The third kappa shape index (κ3) is 6.44. The molecule has 3 aromatic carbocycles. The molecule has 0 unspecified atom stereocenters. The Balaban J connectivity index is 1.58. The monoisotopic (exact) mass is 510 g/mol. The van der Waals surface area contributed by atoms with Gasteiger partial charge in [0.25, 0.3) is 15.9 Å². The molecule has 0 aliphatic carbocycles. The van der Waals surface area contributed by atoms with Crippen LogP contribution in [0.4, 0.5) is 11.4 Å². The largest absolute Gasteiger partial charge is 0.495 e. The summed E-state index contributed by atoms with van der Waals surface area (Å²) in [5, 5.41) is 3.28. The lowest BCUT2D eigenvalue weighted by molar-refractivity contribution is -0.118. The number of benzene rings is 3. The first-order valence-electron chi connectivity index (χ1n) is 9.44. The molecule has 2 N–H and O–H groups in total. The lowest BCUT2D eigenvalue weighted by Gasteiger charge is -2.11. The molecule has 3 aromatic rings. The third-order valence-corrected chi connectivity index (χ3v) is 6.33. The van der Waals surface area contributed by atoms with Crippen LogP contribution < -0.4 is 24.2 Å². The lowest BCUT2D eigenvalue weighted by atomic mass is 10.3. The Bertz CT molecular complexity index is 1250. The number of ether oxygens (including phenoxy) is 3. The lowest BCUT2D eigenvalue weighted by Crippen LogP contribution is -2.20. The van der Waals surface area contributed by atoms with Gasteiger partial charge in [-0.05, 0) is 60.7 Å². The first kappa shape index (κ1) is 24.5. The predicted molar refractivity (Wildman–Crippen MR) is 127 cm³/mol. The molecule has 0 saturated heterocycles. The number of nitrogens with one attached hydrogen (secondary N) is 2. The zero-order valence-corrected chi connectivity index (χ0v) is 19.9. The Morgan fingerprint density at radius 1 is 0.848 bits per heavy atom. The Hall–Kier alpha value is -3.14. The number of carbonyl (C=O) groups is 1. The molecule has 0 aromatic heterocycles. The van der Waals surface area contributed by atoms with Gasteiger partial charge < -0.3 is 19.5 Å². The molecule has 174 valence electrons. The minimum Gasteiger partial charge on any atom is -0.495 e.